The second-order valence-electron chi connectivity index (χ2n) is 3.05. The number of rotatable bonds is 4. The Kier molecular flexibility index (Phi) is 4.14. The van der Waals surface area contributed by atoms with E-state index in [0.29, 0.717) is 11.4 Å². The first-order valence-corrected chi connectivity index (χ1v) is 4.56. The summed E-state index contributed by atoms with van der Waals surface area (Å²) in [6.07, 6.45) is -0.159. The van der Waals surface area contributed by atoms with Gasteiger partial charge in [0.15, 0.2) is 0 Å². The summed E-state index contributed by atoms with van der Waals surface area (Å²) in [5.74, 6) is 0.144. The Morgan fingerprint density at radius 2 is 2.38 bits per heavy atom. The molecule has 1 amide bonds. The van der Waals surface area contributed by atoms with Gasteiger partial charge in [-0.3, -0.25) is 4.79 Å². The number of hydrogen-bond donors (Lipinski definition) is 3. The van der Waals surface area contributed by atoms with Gasteiger partial charge in [-0.2, -0.15) is 0 Å². The molecule has 0 aliphatic carbocycles. The van der Waals surface area contributed by atoms with E-state index in [0.717, 1.165) is 0 Å². The van der Waals surface area contributed by atoms with Gasteiger partial charge in [0, 0.05) is 11.8 Å². The number of amides is 1. The summed E-state index contributed by atoms with van der Waals surface area (Å²) in [7, 11) is 1.54. The van der Waals surface area contributed by atoms with Gasteiger partial charge in [-0.15, -0.1) is 0 Å². The van der Waals surface area contributed by atoms with Crippen molar-refractivity contribution in [1.29, 1.82) is 0 Å². The van der Waals surface area contributed by atoms with Gasteiger partial charge in [0.2, 0.25) is 5.91 Å². The van der Waals surface area contributed by atoms with Crippen molar-refractivity contribution in [2.24, 2.45) is 10.9 Å². The maximum absolute atomic E-state index is 11.4. The topological polar surface area (TPSA) is 96.9 Å². The number of benzene rings is 1. The predicted octanol–water partition coefficient (Wildman–Crippen LogP) is 0.770. The molecule has 0 heterocycles. The van der Waals surface area contributed by atoms with E-state index in [9.17, 15) is 4.79 Å². The third kappa shape index (κ3) is 3.49. The lowest BCUT2D eigenvalue weighted by atomic mass is 10.3. The molecule has 0 aliphatic heterocycles. The normalized spacial score (nSPS) is 10.9. The van der Waals surface area contributed by atoms with Crippen LogP contribution in [0, 0.1) is 0 Å². The molecule has 0 radical (unpaired) electrons. The Morgan fingerprint density at radius 3 is 3.00 bits per heavy atom. The molecule has 1 aromatic carbocycles. The number of hydrogen-bond acceptors (Lipinski definition) is 4. The minimum atomic E-state index is -0.358. The van der Waals surface area contributed by atoms with E-state index in [1.54, 1.807) is 24.3 Å². The van der Waals surface area contributed by atoms with Crippen molar-refractivity contribution in [2.45, 2.75) is 6.42 Å². The van der Waals surface area contributed by atoms with Crippen molar-refractivity contribution < 1.29 is 14.7 Å². The Morgan fingerprint density at radius 1 is 1.62 bits per heavy atom. The maximum atomic E-state index is 11.4. The summed E-state index contributed by atoms with van der Waals surface area (Å²) >= 11 is 0. The number of ether oxygens (including phenoxy) is 1. The van der Waals surface area contributed by atoms with Gasteiger partial charge in [0.1, 0.15) is 11.6 Å². The SMILES string of the molecule is COc1cccc(NC(=O)CC(N)=NO)c1. The number of carbonyl (C=O) groups is 1. The van der Waals surface area contributed by atoms with Crippen LogP contribution in [0.5, 0.6) is 5.75 Å². The van der Waals surface area contributed by atoms with Crippen LogP contribution < -0.4 is 15.8 Å². The Bertz CT molecular complexity index is 404. The van der Waals surface area contributed by atoms with E-state index in [2.05, 4.69) is 10.5 Å². The third-order valence-corrected chi connectivity index (χ3v) is 1.82. The van der Waals surface area contributed by atoms with Crippen LogP contribution in [0.25, 0.3) is 0 Å². The molecule has 0 bridgehead atoms. The summed E-state index contributed by atoms with van der Waals surface area (Å²) in [5, 5.41) is 13.6. The third-order valence-electron chi connectivity index (χ3n) is 1.82. The highest BCUT2D eigenvalue weighted by Gasteiger charge is 2.05. The first-order valence-electron chi connectivity index (χ1n) is 4.56. The molecular formula is C10H13N3O3. The Labute approximate surface area is 92.7 Å². The first kappa shape index (κ1) is 11.8. The Balaban J connectivity index is 2.62. The second-order valence-corrected chi connectivity index (χ2v) is 3.05. The standard InChI is InChI=1S/C10H13N3O3/c1-16-8-4-2-3-7(5-8)12-10(14)6-9(11)13-15/h2-5,15H,6H2,1H3,(H2,11,13)(H,12,14). The van der Waals surface area contributed by atoms with E-state index in [1.807, 2.05) is 0 Å². The molecule has 0 saturated carbocycles. The number of anilines is 1. The minimum Gasteiger partial charge on any atom is -0.497 e. The predicted molar refractivity (Wildman–Crippen MR) is 59.6 cm³/mol. The highest BCUT2D eigenvalue weighted by molar-refractivity contribution is 6.04. The van der Waals surface area contributed by atoms with Crippen LogP contribution >= 0.6 is 0 Å². The van der Waals surface area contributed by atoms with Gasteiger partial charge in [0.05, 0.1) is 13.5 Å². The lowest BCUT2D eigenvalue weighted by Crippen LogP contribution is -2.21. The van der Waals surface area contributed by atoms with E-state index in [-0.39, 0.29) is 18.2 Å². The first-order chi connectivity index (χ1) is 7.65. The smallest absolute Gasteiger partial charge is 0.232 e. The fourth-order valence-corrected chi connectivity index (χ4v) is 1.11. The van der Waals surface area contributed by atoms with Crippen LogP contribution in [-0.4, -0.2) is 24.1 Å². The van der Waals surface area contributed by atoms with Crippen molar-refractivity contribution in [3.63, 3.8) is 0 Å². The van der Waals surface area contributed by atoms with Crippen molar-refractivity contribution in [2.75, 3.05) is 12.4 Å². The molecule has 1 aromatic rings. The van der Waals surface area contributed by atoms with Crippen LogP contribution in [-0.2, 0) is 4.79 Å². The highest BCUT2D eigenvalue weighted by atomic mass is 16.5. The molecule has 16 heavy (non-hydrogen) atoms. The van der Waals surface area contributed by atoms with E-state index >= 15 is 0 Å². The van der Waals surface area contributed by atoms with Crippen LogP contribution in [0.4, 0.5) is 5.69 Å². The van der Waals surface area contributed by atoms with Gasteiger partial charge in [0.25, 0.3) is 0 Å². The van der Waals surface area contributed by atoms with Gasteiger partial charge in [-0.25, -0.2) is 0 Å². The number of methoxy groups -OCH3 is 1. The average Bonchev–Trinajstić information content (AvgIpc) is 2.28. The molecular weight excluding hydrogens is 210 g/mol. The summed E-state index contributed by atoms with van der Waals surface area (Å²) in [5.41, 5.74) is 5.79. The molecule has 6 nitrogen and oxygen atoms in total. The van der Waals surface area contributed by atoms with Gasteiger partial charge in [-0.1, -0.05) is 11.2 Å². The molecule has 0 aromatic heterocycles. The number of oxime groups is 1. The van der Waals surface area contributed by atoms with Crippen LogP contribution in [0.3, 0.4) is 0 Å². The fraction of sp³-hybridized carbons (Fsp3) is 0.200. The summed E-state index contributed by atoms with van der Waals surface area (Å²) in [6, 6.07) is 6.90. The zero-order valence-corrected chi connectivity index (χ0v) is 8.80. The van der Waals surface area contributed by atoms with Crippen LogP contribution in [0.2, 0.25) is 0 Å². The average molecular weight is 223 g/mol. The van der Waals surface area contributed by atoms with Crippen molar-refractivity contribution in [3.05, 3.63) is 24.3 Å². The van der Waals surface area contributed by atoms with E-state index in [1.165, 1.54) is 7.11 Å². The Hall–Kier alpha value is -2.24. The number of nitrogens with two attached hydrogens (primary N) is 1. The number of nitrogens with one attached hydrogen (secondary N) is 1. The van der Waals surface area contributed by atoms with Crippen molar-refractivity contribution >= 4 is 17.4 Å². The molecule has 0 atom stereocenters. The zero-order valence-electron chi connectivity index (χ0n) is 8.80. The zero-order chi connectivity index (χ0) is 12.0. The van der Waals surface area contributed by atoms with Crippen molar-refractivity contribution in [1.82, 2.24) is 0 Å². The quantitative estimate of drug-likeness (QED) is 0.304. The molecule has 4 N–H and O–H groups in total. The second kappa shape index (κ2) is 5.59. The molecule has 0 fully saturated rings. The number of nitrogens with zero attached hydrogens (tertiary/aromatic N) is 1. The molecule has 6 heteroatoms. The van der Waals surface area contributed by atoms with Gasteiger partial charge < -0.3 is 21.0 Å². The summed E-state index contributed by atoms with van der Waals surface area (Å²) in [4.78, 5) is 11.4. The lowest BCUT2D eigenvalue weighted by molar-refractivity contribution is -0.115. The highest BCUT2D eigenvalue weighted by Crippen LogP contribution is 2.16. The molecule has 0 unspecified atom stereocenters. The van der Waals surface area contributed by atoms with E-state index < -0.39 is 0 Å². The van der Waals surface area contributed by atoms with E-state index in [4.69, 9.17) is 15.7 Å². The molecule has 0 saturated heterocycles. The monoisotopic (exact) mass is 223 g/mol. The lowest BCUT2D eigenvalue weighted by Gasteiger charge is -2.06. The van der Waals surface area contributed by atoms with Gasteiger partial charge >= 0.3 is 0 Å². The maximum Gasteiger partial charge on any atom is 0.232 e. The number of carbonyl (C=O) groups excluding carboxylic acids is 1. The number of amidine groups is 1. The fourth-order valence-electron chi connectivity index (χ4n) is 1.11. The van der Waals surface area contributed by atoms with Crippen molar-refractivity contribution in [3.8, 4) is 5.75 Å². The molecule has 1 rings (SSSR count). The summed E-state index contributed by atoms with van der Waals surface area (Å²) < 4.78 is 5.00. The molecule has 0 spiro atoms. The van der Waals surface area contributed by atoms with Crippen LogP contribution in [0.15, 0.2) is 29.4 Å². The van der Waals surface area contributed by atoms with Crippen LogP contribution in [0.1, 0.15) is 6.42 Å². The summed E-state index contributed by atoms with van der Waals surface area (Å²) in [6.45, 7) is 0. The van der Waals surface area contributed by atoms with Gasteiger partial charge in [-0.05, 0) is 12.1 Å². The largest absolute Gasteiger partial charge is 0.497 e. The molecule has 86 valence electrons. The molecule has 0 aliphatic rings. The minimum absolute atomic E-state index is 0.139.